The molecule has 1 aliphatic rings. The summed E-state index contributed by atoms with van der Waals surface area (Å²) in [4.78, 5) is 17.0. The van der Waals surface area contributed by atoms with Crippen molar-refractivity contribution in [3.8, 4) is 0 Å². The standard InChI is InChI=1S/C9H9BrN2O2/c1-6-5-12(9(13)14-6)8-4-2-3-7(10)11-8/h2-4,6H,5H2,1H3/t6-/m0/s1. The van der Waals surface area contributed by atoms with Crippen molar-refractivity contribution in [3.63, 3.8) is 0 Å². The Morgan fingerprint density at radius 1 is 1.64 bits per heavy atom. The summed E-state index contributed by atoms with van der Waals surface area (Å²) in [5.74, 6) is 0.619. The van der Waals surface area contributed by atoms with Gasteiger partial charge in [-0.15, -0.1) is 0 Å². The van der Waals surface area contributed by atoms with Crippen LogP contribution in [0.1, 0.15) is 6.92 Å². The average molecular weight is 257 g/mol. The molecular formula is C9H9BrN2O2. The lowest BCUT2D eigenvalue weighted by Gasteiger charge is -2.10. The van der Waals surface area contributed by atoms with Crippen molar-refractivity contribution in [2.75, 3.05) is 11.4 Å². The molecule has 1 amide bonds. The fourth-order valence-electron chi connectivity index (χ4n) is 1.34. The highest BCUT2D eigenvalue weighted by atomic mass is 79.9. The van der Waals surface area contributed by atoms with Crippen LogP contribution in [-0.4, -0.2) is 23.7 Å². The maximum Gasteiger partial charge on any atom is 0.415 e. The van der Waals surface area contributed by atoms with Gasteiger partial charge >= 0.3 is 6.09 Å². The number of aromatic nitrogens is 1. The van der Waals surface area contributed by atoms with E-state index >= 15 is 0 Å². The molecule has 5 heteroatoms. The molecule has 1 saturated heterocycles. The van der Waals surface area contributed by atoms with Crippen molar-refractivity contribution in [3.05, 3.63) is 22.8 Å². The Balaban J connectivity index is 2.27. The fraction of sp³-hybridized carbons (Fsp3) is 0.333. The van der Waals surface area contributed by atoms with Crippen LogP contribution in [0.25, 0.3) is 0 Å². The van der Waals surface area contributed by atoms with Crippen molar-refractivity contribution in [2.24, 2.45) is 0 Å². The number of anilines is 1. The van der Waals surface area contributed by atoms with Crippen LogP contribution in [0.3, 0.4) is 0 Å². The highest BCUT2D eigenvalue weighted by Gasteiger charge is 2.30. The molecule has 1 aliphatic heterocycles. The van der Waals surface area contributed by atoms with E-state index in [9.17, 15) is 4.79 Å². The maximum absolute atomic E-state index is 11.3. The van der Waals surface area contributed by atoms with E-state index in [0.717, 1.165) is 0 Å². The fourth-order valence-corrected chi connectivity index (χ4v) is 1.67. The molecule has 0 unspecified atom stereocenters. The number of pyridine rings is 1. The number of hydrogen-bond donors (Lipinski definition) is 0. The SMILES string of the molecule is C[C@H]1CN(c2cccc(Br)n2)C(=O)O1. The Bertz CT molecular complexity index is 370. The molecule has 4 nitrogen and oxygen atoms in total. The molecule has 1 aromatic rings. The first-order chi connectivity index (χ1) is 6.66. The molecule has 14 heavy (non-hydrogen) atoms. The Hall–Kier alpha value is -1.10. The first-order valence-electron chi connectivity index (χ1n) is 4.27. The zero-order valence-electron chi connectivity index (χ0n) is 7.61. The van der Waals surface area contributed by atoms with Crippen LogP contribution in [0.4, 0.5) is 10.6 Å². The van der Waals surface area contributed by atoms with Crippen molar-refractivity contribution in [1.29, 1.82) is 0 Å². The molecule has 2 heterocycles. The van der Waals surface area contributed by atoms with Crippen molar-refractivity contribution < 1.29 is 9.53 Å². The van der Waals surface area contributed by atoms with Gasteiger partial charge in [-0.05, 0) is 35.0 Å². The molecule has 0 spiro atoms. The van der Waals surface area contributed by atoms with Crippen LogP contribution in [0.15, 0.2) is 22.8 Å². The number of hydrogen-bond acceptors (Lipinski definition) is 3. The average Bonchev–Trinajstić information content (AvgIpc) is 2.45. The quantitative estimate of drug-likeness (QED) is 0.724. The number of halogens is 1. The van der Waals surface area contributed by atoms with Gasteiger partial charge in [-0.25, -0.2) is 9.78 Å². The summed E-state index contributed by atoms with van der Waals surface area (Å²) >= 11 is 3.25. The number of amides is 1. The topological polar surface area (TPSA) is 42.4 Å². The molecule has 1 atom stereocenters. The summed E-state index contributed by atoms with van der Waals surface area (Å²) in [6.07, 6.45) is -0.397. The highest BCUT2D eigenvalue weighted by molar-refractivity contribution is 9.10. The maximum atomic E-state index is 11.3. The number of carbonyl (C=O) groups excluding carboxylic acids is 1. The highest BCUT2D eigenvalue weighted by Crippen LogP contribution is 2.20. The summed E-state index contributed by atoms with van der Waals surface area (Å²) in [5, 5.41) is 0. The third-order valence-electron chi connectivity index (χ3n) is 1.94. The predicted octanol–water partition coefficient (Wildman–Crippen LogP) is 2.19. The van der Waals surface area contributed by atoms with E-state index < -0.39 is 0 Å². The van der Waals surface area contributed by atoms with Gasteiger partial charge in [0.2, 0.25) is 0 Å². The molecule has 0 N–H and O–H groups in total. The molecular weight excluding hydrogens is 248 g/mol. The molecule has 1 fully saturated rings. The minimum absolute atomic E-state index is 0.0664. The van der Waals surface area contributed by atoms with Crippen LogP contribution < -0.4 is 4.90 Å². The summed E-state index contributed by atoms with van der Waals surface area (Å²) in [6, 6.07) is 5.43. The largest absolute Gasteiger partial charge is 0.444 e. The third kappa shape index (κ3) is 1.72. The molecule has 0 aromatic carbocycles. The van der Waals surface area contributed by atoms with Crippen LogP contribution in [0.5, 0.6) is 0 Å². The molecule has 2 rings (SSSR count). The second-order valence-corrected chi connectivity index (χ2v) is 3.94. The van der Waals surface area contributed by atoms with Gasteiger partial charge in [0.15, 0.2) is 0 Å². The molecule has 0 saturated carbocycles. The number of nitrogens with zero attached hydrogens (tertiary/aromatic N) is 2. The van der Waals surface area contributed by atoms with Gasteiger partial charge in [0.1, 0.15) is 16.5 Å². The Morgan fingerprint density at radius 2 is 2.43 bits per heavy atom. The second-order valence-electron chi connectivity index (χ2n) is 3.12. The van der Waals surface area contributed by atoms with E-state index in [-0.39, 0.29) is 12.2 Å². The summed E-state index contributed by atoms with van der Waals surface area (Å²) in [7, 11) is 0. The summed E-state index contributed by atoms with van der Waals surface area (Å²) < 4.78 is 5.71. The van der Waals surface area contributed by atoms with Gasteiger partial charge < -0.3 is 4.74 Å². The lowest BCUT2D eigenvalue weighted by Crippen LogP contribution is -2.24. The number of ether oxygens (including phenoxy) is 1. The Kier molecular flexibility index (Phi) is 2.41. The molecule has 0 bridgehead atoms. The normalized spacial score (nSPS) is 21.1. The van der Waals surface area contributed by atoms with Crippen LogP contribution in [-0.2, 0) is 4.74 Å². The van der Waals surface area contributed by atoms with Crippen LogP contribution >= 0.6 is 15.9 Å². The van der Waals surface area contributed by atoms with Gasteiger partial charge in [-0.2, -0.15) is 0 Å². The van der Waals surface area contributed by atoms with E-state index in [1.807, 2.05) is 19.1 Å². The zero-order chi connectivity index (χ0) is 10.1. The van der Waals surface area contributed by atoms with Gasteiger partial charge in [-0.3, -0.25) is 4.90 Å². The lowest BCUT2D eigenvalue weighted by atomic mass is 10.4. The second kappa shape index (κ2) is 3.57. The van der Waals surface area contributed by atoms with E-state index in [1.165, 1.54) is 4.90 Å². The van der Waals surface area contributed by atoms with Gasteiger partial charge in [0, 0.05) is 0 Å². The summed E-state index contributed by atoms with van der Waals surface area (Å²) in [6.45, 7) is 2.41. The van der Waals surface area contributed by atoms with Gasteiger partial charge in [0.05, 0.1) is 6.54 Å². The monoisotopic (exact) mass is 256 g/mol. The minimum Gasteiger partial charge on any atom is -0.444 e. The number of rotatable bonds is 1. The Morgan fingerprint density at radius 3 is 3.00 bits per heavy atom. The van der Waals surface area contributed by atoms with Crippen LogP contribution in [0, 0.1) is 0 Å². The predicted molar refractivity (Wildman–Crippen MR) is 55.2 cm³/mol. The lowest BCUT2D eigenvalue weighted by molar-refractivity contribution is 0.150. The van der Waals surface area contributed by atoms with Gasteiger partial charge in [0.25, 0.3) is 0 Å². The first-order valence-corrected chi connectivity index (χ1v) is 5.07. The first kappa shape index (κ1) is 9.45. The van der Waals surface area contributed by atoms with E-state index in [0.29, 0.717) is 17.0 Å². The van der Waals surface area contributed by atoms with Crippen molar-refractivity contribution >= 4 is 27.8 Å². The molecule has 1 aromatic heterocycles. The molecule has 0 aliphatic carbocycles. The van der Waals surface area contributed by atoms with Crippen molar-refractivity contribution in [1.82, 2.24) is 4.98 Å². The smallest absolute Gasteiger partial charge is 0.415 e. The zero-order valence-corrected chi connectivity index (χ0v) is 9.19. The van der Waals surface area contributed by atoms with Crippen LogP contribution in [0.2, 0.25) is 0 Å². The van der Waals surface area contributed by atoms with E-state index in [4.69, 9.17) is 4.74 Å². The molecule has 74 valence electrons. The van der Waals surface area contributed by atoms with Crippen molar-refractivity contribution in [2.45, 2.75) is 13.0 Å². The van der Waals surface area contributed by atoms with E-state index in [2.05, 4.69) is 20.9 Å². The number of carbonyl (C=O) groups is 1. The number of cyclic esters (lactones) is 1. The van der Waals surface area contributed by atoms with Gasteiger partial charge in [-0.1, -0.05) is 6.07 Å². The third-order valence-corrected chi connectivity index (χ3v) is 2.38. The minimum atomic E-state index is -0.330. The Labute approximate surface area is 90.0 Å². The summed E-state index contributed by atoms with van der Waals surface area (Å²) in [5.41, 5.74) is 0. The molecule has 0 radical (unpaired) electrons. The van der Waals surface area contributed by atoms with E-state index in [1.54, 1.807) is 6.07 Å².